The van der Waals surface area contributed by atoms with Crippen LogP contribution in [0.15, 0.2) is 18.2 Å². The van der Waals surface area contributed by atoms with Crippen molar-refractivity contribution in [1.82, 2.24) is 4.90 Å². The molecule has 1 unspecified atom stereocenters. The van der Waals surface area contributed by atoms with E-state index in [9.17, 15) is 9.90 Å². The third-order valence-electron chi connectivity index (χ3n) is 3.29. The molecule has 1 aliphatic heterocycles. The van der Waals surface area contributed by atoms with Crippen molar-refractivity contribution in [3.63, 3.8) is 0 Å². The van der Waals surface area contributed by atoms with E-state index in [2.05, 4.69) is 0 Å². The minimum absolute atomic E-state index is 0.0513. The van der Waals surface area contributed by atoms with Crippen molar-refractivity contribution < 1.29 is 14.6 Å². The number of carbonyl (C=O) groups excluding carboxylic acids is 1. The quantitative estimate of drug-likeness (QED) is 0.874. The minimum atomic E-state index is -0.367. The molecule has 18 heavy (non-hydrogen) atoms. The van der Waals surface area contributed by atoms with E-state index in [0.29, 0.717) is 25.9 Å². The predicted molar refractivity (Wildman–Crippen MR) is 68.6 cm³/mol. The molecule has 1 heterocycles. The molecule has 0 radical (unpaired) electrons. The van der Waals surface area contributed by atoms with Crippen molar-refractivity contribution >= 4 is 5.91 Å². The van der Waals surface area contributed by atoms with Crippen LogP contribution in [0.3, 0.4) is 0 Å². The molecule has 1 aromatic carbocycles. The molecule has 4 heteroatoms. The fourth-order valence-corrected chi connectivity index (χ4v) is 2.29. The van der Waals surface area contributed by atoms with Gasteiger partial charge in [0.15, 0.2) is 0 Å². The SMILES string of the molecule is COc1ccc(C)cc1CC(=O)N1CCC(O)C1. The molecule has 1 aromatic rings. The fourth-order valence-electron chi connectivity index (χ4n) is 2.29. The first-order valence-corrected chi connectivity index (χ1v) is 6.19. The number of ether oxygens (including phenoxy) is 1. The van der Waals surface area contributed by atoms with Gasteiger partial charge >= 0.3 is 0 Å². The first-order chi connectivity index (χ1) is 8.60. The molecule has 0 saturated carbocycles. The van der Waals surface area contributed by atoms with Gasteiger partial charge in [0.2, 0.25) is 5.91 Å². The first-order valence-electron chi connectivity index (χ1n) is 6.19. The smallest absolute Gasteiger partial charge is 0.227 e. The van der Waals surface area contributed by atoms with Crippen LogP contribution in [-0.2, 0) is 11.2 Å². The highest BCUT2D eigenvalue weighted by Gasteiger charge is 2.25. The second-order valence-electron chi connectivity index (χ2n) is 4.77. The zero-order chi connectivity index (χ0) is 13.1. The van der Waals surface area contributed by atoms with Crippen LogP contribution >= 0.6 is 0 Å². The Kier molecular flexibility index (Phi) is 3.87. The van der Waals surface area contributed by atoms with Gasteiger partial charge in [-0.1, -0.05) is 17.7 Å². The van der Waals surface area contributed by atoms with E-state index in [1.165, 1.54) is 0 Å². The Balaban J connectivity index is 2.09. The van der Waals surface area contributed by atoms with Gasteiger partial charge in [0.1, 0.15) is 5.75 Å². The third-order valence-corrected chi connectivity index (χ3v) is 3.29. The average molecular weight is 249 g/mol. The molecule has 2 rings (SSSR count). The van der Waals surface area contributed by atoms with Gasteiger partial charge in [-0.2, -0.15) is 0 Å². The van der Waals surface area contributed by atoms with Crippen LogP contribution in [0.4, 0.5) is 0 Å². The lowest BCUT2D eigenvalue weighted by Gasteiger charge is -2.16. The van der Waals surface area contributed by atoms with Crippen molar-refractivity contribution in [2.45, 2.75) is 25.9 Å². The number of methoxy groups -OCH3 is 1. The van der Waals surface area contributed by atoms with Gasteiger partial charge < -0.3 is 14.7 Å². The van der Waals surface area contributed by atoms with E-state index in [-0.39, 0.29) is 12.0 Å². The van der Waals surface area contributed by atoms with Gasteiger partial charge in [0, 0.05) is 18.7 Å². The number of aliphatic hydroxyl groups is 1. The topological polar surface area (TPSA) is 49.8 Å². The number of β-amino-alcohol motifs (C(OH)–C–C–N with tert-alkyl or cyclic N) is 1. The van der Waals surface area contributed by atoms with Crippen molar-refractivity contribution in [2.75, 3.05) is 20.2 Å². The predicted octanol–water partition coefficient (Wildman–Crippen LogP) is 1.14. The summed E-state index contributed by atoms with van der Waals surface area (Å²) in [5.41, 5.74) is 2.02. The number of benzene rings is 1. The average Bonchev–Trinajstić information content (AvgIpc) is 2.76. The second kappa shape index (κ2) is 5.40. The van der Waals surface area contributed by atoms with Gasteiger partial charge in [-0.15, -0.1) is 0 Å². The molecule has 1 saturated heterocycles. The van der Waals surface area contributed by atoms with E-state index in [1.54, 1.807) is 12.0 Å². The van der Waals surface area contributed by atoms with Gasteiger partial charge in [0.05, 0.1) is 19.6 Å². The summed E-state index contributed by atoms with van der Waals surface area (Å²) < 4.78 is 5.26. The Labute approximate surface area is 107 Å². The maximum absolute atomic E-state index is 12.1. The van der Waals surface area contributed by atoms with Crippen LogP contribution in [0.5, 0.6) is 5.75 Å². The molecule has 1 N–H and O–H groups in total. The molecular formula is C14H19NO3. The molecule has 4 nitrogen and oxygen atoms in total. The van der Waals surface area contributed by atoms with Crippen LogP contribution in [0, 0.1) is 6.92 Å². The maximum atomic E-state index is 12.1. The summed E-state index contributed by atoms with van der Waals surface area (Å²) in [5.74, 6) is 0.796. The Morgan fingerprint density at radius 3 is 2.94 bits per heavy atom. The van der Waals surface area contributed by atoms with Crippen molar-refractivity contribution in [3.05, 3.63) is 29.3 Å². The summed E-state index contributed by atoms with van der Waals surface area (Å²) in [4.78, 5) is 13.8. The van der Waals surface area contributed by atoms with Crippen LogP contribution in [0.1, 0.15) is 17.5 Å². The number of likely N-dealkylation sites (tertiary alicyclic amines) is 1. The summed E-state index contributed by atoms with van der Waals surface area (Å²) in [7, 11) is 1.61. The molecule has 0 spiro atoms. The summed E-state index contributed by atoms with van der Waals surface area (Å²) in [6.45, 7) is 3.09. The van der Waals surface area contributed by atoms with Crippen LogP contribution in [0.2, 0.25) is 0 Å². The van der Waals surface area contributed by atoms with Crippen molar-refractivity contribution in [1.29, 1.82) is 0 Å². The highest BCUT2D eigenvalue weighted by Crippen LogP contribution is 2.21. The summed E-state index contributed by atoms with van der Waals surface area (Å²) in [5, 5.41) is 9.44. The number of hydrogen-bond donors (Lipinski definition) is 1. The van der Waals surface area contributed by atoms with E-state index in [4.69, 9.17) is 4.74 Å². The van der Waals surface area contributed by atoms with Gasteiger partial charge in [-0.3, -0.25) is 4.79 Å². The standard InChI is InChI=1S/C14H19NO3/c1-10-3-4-13(18-2)11(7-10)8-14(17)15-6-5-12(16)9-15/h3-4,7,12,16H,5-6,8-9H2,1-2H3. The van der Waals surface area contributed by atoms with Crippen molar-refractivity contribution in [2.24, 2.45) is 0 Å². The Bertz CT molecular complexity index is 445. The molecule has 1 fully saturated rings. The fraction of sp³-hybridized carbons (Fsp3) is 0.500. The Morgan fingerprint density at radius 1 is 1.56 bits per heavy atom. The number of hydrogen-bond acceptors (Lipinski definition) is 3. The van der Waals surface area contributed by atoms with Crippen LogP contribution < -0.4 is 4.74 Å². The summed E-state index contributed by atoms with van der Waals surface area (Å²) in [6.07, 6.45) is 0.641. The van der Waals surface area contributed by atoms with E-state index >= 15 is 0 Å². The number of aliphatic hydroxyl groups excluding tert-OH is 1. The lowest BCUT2D eigenvalue weighted by molar-refractivity contribution is -0.129. The highest BCUT2D eigenvalue weighted by molar-refractivity contribution is 5.80. The highest BCUT2D eigenvalue weighted by atomic mass is 16.5. The third kappa shape index (κ3) is 2.82. The molecule has 0 aliphatic carbocycles. The molecular weight excluding hydrogens is 230 g/mol. The maximum Gasteiger partial charge on any atom is 0.227 e. The Hall–Kier alpha value is -1.55. The van der Waals surface area contributed by atoms with Gasteiger partial charge in [0.25, 0.3) is 0 Å². The lowest BCUT2D eigenvalue weighted by Crippen LogP contribution is -2.30. The first kappa shape index (κ1) is 12.9. The normalized spacial score (nSPS) is 19.1. The molecule has 1 atom stereocenters. The molecule has 1 aliphatic rings. The monoisotopic (exact) mass is 249 g/mol. The van der Waals surface area contributed by atoms with E-state index in [1.807, 2.05) is 25.1 Å². The second-order valence-corrected chi connectivity index (χ2v) is 4.77. The van der Waals surface area contributed by atoms with Crippen molar-refractivity contribution in [3.8, 4) is 5.75 Å². The lowest BCUT2D eigenvalue weighted by atomic mass is 10.1. The Morgan fingerprint density at radius 2 is 2.33 bits per heavy atom. The van der Waals surface area contributed by atoms with Crippen LogP contribution in [0.25, 0.3) is 0 Å². The van der Waals surface area contributed by atoms with Gasteiger partial charge in [-0.05, 0) is 19.4 Å². The molecule has 0 bridgehead atoms. The number of aryl methyl sites for hydroxylation is 1. The van der Waals surface area contributed by atoms with E-state index < -0.39 is 0 Å². The number of carbonyl (C=O) groups is 1. The largest absolute Gasteiger partial charge is 0.496 e. The number of nitrogens with zero attached hydrogens (tertiary/aromatic N) is 1. The van der Waals surface area contributed by atoms with E-state index in [0.717, 1.165) is 16.9 Å². The zero-order valence-corrected chi connectivity index (χ0v) is 10.8. The zero-order valence-electron chi connectivity index (χ0n) is 10.8. The molecule has 98 valence electrons. The molecule has 1 amide bonds. The number of rotatable bonds is 3. The molecule has 0 aromatic heterocycles. The minimum Gasteiger partial charge on any atom is -0.496 e. The van der Waals surface area contributed by atoms with Gasteiger partial charge in [-0.25, -0.2) is 0 Å². The summed E-state index contributed by atoms with van der Waals surface area (Å²) >= 11 is 0. The number of amides is 1. The van der Waals surface area contributed by atoms with Crippen LogP contribution in [-0.4, -0.2) is 42.2 Å². The summed E-state index contributed by atoms with van der Waals surface area (Å²) in [6, 6.07) is 5.83.